The normalized spacial score (nSPS) is 12.9. The number of esters is 1. The summed E-state index contributed by atoms with van der Waals surface area (Å²) in [6.45, 7) is 18.7. The van der Waals surface area contributed by atoms with Crippen molar-refractivity contribution in [1.29, 1.82) is 0 Å². The van der Waals surface area contributed by atoms with Crippen molar-refractivity contribution in [1.82, 2.24) is 5.32 Å². The number of carbonyl (C=O) groups is 2. The van der Waals surface area contributed by atoms with E-state index in [2.05, 4.69) is 46.9 Å². The largest absolute Gasteiger partial charge is 0.543 e. The molecule has 0 saturated heterocycles. The van der Waals surface area contributed by atoms with Gasteiger partial charge in [0, 0.05) is 0 Å². The topological polar surface area (TPSA) is 73.9 Å². The fourth-order valence-electron chi connectivity index (χ4n) is 4.03. The molecule has 0 aliphatic heterocycles. The standard InChI is InChI=1S/C24H39NO5Si/c1-16(2)31(17(3)4,18(5)6)30-20-13-11-19(12-14-20)15-21(22(26)28-10)25-23(27)29-24(7,8)9/h11-18H,1-10H3,(H,25,27)/b21-15-. The van der Waals surface area contributed by atoms with Crippen molar-refractivity contribution in [3.63, 3.8) is 0 Å². The third-order valence-electron chi connectivity index (χ3n) is 5.23. The van der Waals surface area contributed by atoms with Gasteiger partial charge in [0.05, 0.1) is 7.11 Å². The van der Waals surface area contributed by atoms with Gasteiger partial charge in [0.25, 0.3) is 8.32 Å². The summed E-state index contributed by atoms with van der Waals surface area (Å²) in [5, 5.41) is 2.47. The minimum absolute atomic E-state index is 0.000631. The van der Waals surface area contributed by atoms with E-state index >= 15 is 0 Å². The second-order valence-corrected chi connectivity index (χ2v) is 15.0. The van der Waals surface area contributed by atoms with Crippen LogP contribution in [-0.4, -0.2) is 33.1 Å². The molecule has 0 spiro atoms. The molecule has 1 aromatic carbocycles. The van der Waals surface area contributed by atoms with E-state index in [1.165, 1.54) is 7.11 Å². The molecule has 0 saturated carbocycles. The number of rotatable bonds is 8. The monoisotopic (exact) mass is 449 g/mol. The van der Waals surface area contributed by atoms with Gasteiger partial charge in [-0.15, -0.1) is 0 Å². The number of carbonyl (C=O) groups excluding carboxylic acids is 2. The SMILES string of the molecule is COC(=O)/C(=C/c1ccc(O[Si](C(C)C)(C(C)C)C(C)C)cc1)NC(=O)OC(C)(C)C. The van der Waals surface area contributed by atoms with Gasteiger partial charge in [-0.05, 0) is 61.2 Å². The first-order valence-corrected chi connectivity index (χ1v) is 13.0. The minimum Gasteiger partial charge on any atom is -0.543 e. The zero-order chi connectivity index (χ0) is 24.0. The molecule has 1 rings (SSSR count). The van der Waals surface area contributed by atoms with Gasteiger partial charge >= 0.3 is 12.1 Å². The van der Waals surface area contributed by atoms with E-state index in [9.17, 15) is 9.59 Å². The zero-order valence-electron chi connectivity index (χ0n) is 20.7. The quantitative estimate of drug-likeness (QED) is 0.287. The molecular formula is C24H39NO5Si. The van der Waals surface area contributed by atoms with E-state index in [1.807, 2.05) is 24.3 Å². The zero-order valence-corrected chi connectivity index (χ0v) is 21.7. The Balaban J connectivity index is 3.14. The summed E-state index contributed by atoms with van der Waals surface area (Å²) < 4.78 is 16.7. The van der Waals surface area contributed by atoms with Gasteiger partial charge in [-0.25, -0.2) is 9.59 Å². The molecule has 0 fully saturated rings. The lowest BCUT2D eigenvalue weighted by molar-refractivity contribution is -0.136. The molecule has 1 aromatic rings. The first-order chi connectivity index (χ1) is 14.2. The van der Waals surface area contributed by atoms with Gasteiger partial charge < -0.3 is 13.9 Å². The van der Waals surface area contributed by atoms with Crippen LogP contribution in [0.25, 0.3) is 6.08 Å². The predicted octanol–water partition coefficient (Wildman–Crippen LogP) is 6.28. The van der Waals surface area contributed by atoms with Crippen molar-refractivity contribution in [2.24, 2.45) is 0 Å². The highest BCUT2D eigenvalue weighted by Crippen LogP contribution is 2.42. The van der Waals surface area contributed by atoms with Crippen molar-refractivity contribution >= 4 is 26.5 Å². The van der Waals surface area contributed by atoms with E-state index in [0.29, 0.717) is 16.6 Å². The maximum Gasteiger partial charge on any atom is 0.412 e. The molecule has 0 aliphatic carbocycles. The smallest absolute Gasteiger partial charge is 0.412 e. The lowest BCUT2D eigenvalue weighted by Crippen LogP contribution is -2.50. The number of methoxy groups -OCH3 is 1. The number of benzene rings is 1. The third kappa shape index (κ3) is 7.42. The van der Waals surface area contributed by atoms with E-state index < -0.39 is 26.0 Å². The number of nitrogens with one attached hydrogen (secondary N) is 1. The van der Waals surface area contributed by atoms with E-state index in [4.69, 9.17) is 13.9 Å². The number of ether oxygens (including phenoxy) is 2. The Hall–Kier alpha value is -2.28. The van der Waals surface area contributed by atoms with Crippen LogP contribution in [0.5, 0.6) is 5.75 Å². The third-order valence-corrected chi connectivity index (χ3v) is 11.2. The van der Waals surface area contributed by atoms with Crippen LogP contribution in [0.4, 0.5) is 4.79 Å². The number of hydrogen-bond donors (Lipinski definition) is 1. The summed E-state index contributed by atoms with van der Waals surface area (Å²) in [7, 11) is -0.787. The maximum absolute atomic E-state index is 12.1. The molecule has 174 valence electrons. The minimum atomic E-state index is -2.05. The Bertz CT molecular complexity index is 754. The second-order valence-electron chi connectivity index (χ2n) is 9.67. The van der Waals surface area contributed by atoms with Gasteiger partial charge in [0.1, 0.15) is 17.0 Å². The van der Waals surface area contributed by atoms with Crippen molar-refractivity contribution < 1.29 is 23.5 Å². The Labute approximate surface area is 188 Å². The molecular weight excluding hydrogens is 410 g/mol. The van der Waals surface area contributed by atoms with Crippen LogP contribution in [0.2, 0.25) is 16.6 Å². The first kappa shape index (κ1) is 26.8. The van der Waals surface area contributed by atoms with Gasteiger partial charge in [0.2, 0.25) is 0 Å². The summed E-state index contributed by atoms with van der Waals surface area (Å²) in [6.07, 6.45) is 0.836. The molecule has 0 bridgehead atoms. The van der Waals surface area contributed by atoms with E-state index in [1.54, 1.807) is 26.8 Å². The van der Waals surface area contributed by atoms with E-state index in [-0.39, 0.29) is 5.70 Å². The first-order valence-electron chi connectivity index (χ1n) is 10.8. The Morgan fingerprint density at radius 2 is 1.42 bits per heavy atom. The van der Waals surface area contributed by atoms with Crippen molar-refractivity contribution in [3.05, 3.63) is 35.5 Å². The average Bonchev–Trinajstić information content (AvgIpc) is 2.63. The number of alkyl carbamates (subject to hydrolysis) is 1. The molecule has 6 nitrogen and oxygen atoms in total. The van der Waals surface area contributed by atoms with Gasteiger partial charge in [0.15, 0.2) is 0 Å². The van der Waals surface area contributed by atoms with Gasteiger partial charge in [-0.3, -0.25) is 5.32 Å². The molecule has 0 atom stereocenters. The molecule has 0 aliphatic rings. The molecule has 31 heavy (non-hydrogen) atoms. The van der Waals surface area contributed by atoms with Crippen LogP contribution in [0.15, 0.2) is 30.0 Å². The molecule has 0 unspecified atom stereocenters. The van der Waals surface area contributed by atoms with Crippen LogP contribution >= 0.6 is 0 Å². The number of hydrogen-bond acceptors (Lipinski definition) is 5. The lowest BCUT2D eigenvalue weighted by atomic mass is 10.2. The van der Waals surface area contributed by atoms with Crippen LogP contribution in [-0.2, 0) is 14.3 Å². The van der Waals surface area contributed by atoms with E-state index in [0.717, 1.165) is 11.3 Å². The predicted molar refractivity (Wildman–Crippen MR) is 127 cm³/mol. The molecule has 1 N–H and O–H groups in total. The Morgan fingerprint density at radius 3 is 1.81 bits per heavy atom. The highest BCUT2D eigenvalue weighted by Gasteiger charge is 2.46. The van der Waals surface area contributed by atoms with Crippen LogP contribution < -0.4 is 9.74 Å². The van der Waals surface area contributed by atoms with Crippen LogP contribution in [0, 0.1) is 0 Å². The molecule has 0 aromatic heterocycles. The van der Waals surface area contributed by atoms with Gasteiger partial charge in [-0.2, -0.15) is 0 Å². The summed E-state index contributed by atoms with van der Waals surface area (Å²) in [5.74, 6) is 0.164. The van der Waals surface area contributed by atoms with Gasteiger partial charge in [-0.1, -0.05) is 53.7 Å². The average molecular weight is 450 g/mol. The number of amides is 1. The van der Waals surface area contributed by atoms with Crippen LogP contribution in [0.3, 0.4) is 0 Å². The summed E-state index contributed by atoms with van der Waals surface area (Å²) >= 11 is 0. The lowest BCUT2D eigenvalue weighted by Gasteiger charge is -2.42. The van der Waals surface area contributed by atoms with Crippen LogP contribution in [0.1, 0.15) is 67.9 Å². The fourth-order valence-corrected chi connectivity index (χ4v) is 9.28. The fraction of sp³-hybridized carbons (Fsp3) is 0.583. The Morgan fingerprint density at radius 1 is 0.935 bits per heavy atom. The molecule has 0 radical (unpaired) electrons. The summed E-state index contributed by atoms with van der Waals surface area (Å²) in [5.41, 5.74) is 1.46. The summed E-state index contributed by atoms with van der Waals surface area (Å²) in [4.78, 5) is 24.2. The highest BCUT2D eigenvalue weighted by atomic mass is 28.4. The Kier molecular flexibility index (Phi) is 9.36. The maximum atomic E-state index is 12.1. The molecule has 1 amide bonds. The highest BCUT2D eigenvalue weighted by molar-refractivity contribution is 6.78. The molecule has 0 heterocycles. The van der Waals surface area contributed by atoms with Crippen molar-refractivity contribution in [2.45, 2.75) is 84.5 Å². The second kappa shape index (κ2) is 10.8. The molecule has 7 heteroatoms. The van der Waals surface area contributed by atoms with Crippen molar-refractivity contribution in [3.8, 4) is 5.75 Å². The van der Waals surface area contributed by atoms with Crippen molar-refractivity contribution in [2.75, 3.05) is 7.11 Å². The summed E-state index contributed by atoms with van der Waals surface area (Å²) in [6, 6.07) is 7.52.